The van der Waals surface area contributed by atoms with E-state index < -0.39 is 10.2 Å². The van der Waals surface area contributed by atoms with Crippen LogP contribution in [0.2, 0.25) is 0 Å². The maximum Gasteiger partial charge on any atom is 0.278 e. The van der Waals surface area contributed by atoms with Crippen LogP contribution in [0.5, 0.6) is 0 Å². The summed E-state index contributed by atoms with van der Waals surface area (Å²) in [4.78, 5) is 0. The molecule has 21 heavy (non-hydrogen) atoms. The van der Waals surface area contributed by atoms with E-state index in [2.05, 4.69) is 29.0 Å². The maximum atomic E-state index is 11.8. The van der Waals surface area contributed by atoms with E-state index in [-0.39, 0.29) is 12.0 Å². The molecule has 5 nitrogen and oxygen atoms in total. The Hall–Kier alpha value is -0.950. The Morgan fingerprint density at radius 1 is 1.29 bits per heavy atom. The Bertz CT molecular complexity index is 555. The largest absolute Gasteiger partial charge is 0.373 e. The van der Waals surface area contributed by atoms with Crippen LogP contribution in [-0.4, -0.2) is 40.0 Å². The fraction of sp³-hybridized carbons (Fsp3) is 0.600. The van der Waals surface area contributed by atoms with E-state index in [4.69, 9.17) is 4.74 Å². The van der Waals surface area contributed by atoms with Crippen LogP contribution in [0.1, 0.15) is 30.1 Å². The third-order valence-corrected chi connectivity index (χ3v) is 5.35. The van der Waals surface area contributed by atoms with Crippen molar-refractivity contribution in [1.82, 2.24) is 9.03 Å². The molecule has 1 aromatic carbocycles. The summed E-state index contributed by atoms with van der Waals surface area (Å²) in [5.74, 6) is 0.163. The van der Waals surface area contributed by atoms with Crippen molar-refractivity contribution >= 4 is 10.2 Å². The van der Waals surface area contributed by atoms with Crippen LogP contribution >= 0.6 is 0 Å². The molecule has 0 spiro atoms. The minimum Gasteiger partial charge on any atom is -0.373 e. The Kier molecular flexibility index (Phi) is 5.37. The first-order chi connectivity index (χ1) is 9.90. The van der Waals surface area contributed by atoms with Crippen LogP contribution in [-0.2, 0) is 14.9 Å². The molecular weight excluding hydrogens is 288 g/mol. The standard InChI is InChI=1S/C15H24N2O3S/c1-12-6-8-13(9-7-12)15-14(5-4-10-20-15)11-16-21(18,19)17(2)3/h6-9,14-16H,4-5,10-11H2,1-3H3/t14-,15+/m0/s1. The summed E-state index contributed by atoms with van der Waals surface area (Å²) in [5, 5.41) is 0. The highest BCUT2D eigenvalue weighted by Crippen LogP contribution is 2.33. The monoisotopic (exact) mass is 312 g/mol. The number of aryl methyl sites for hydroxylation is 1. The molecule has 0 aromatic heterocycles. The molecule has 1 aromatic rings. The number of rotatable bonds is 5. The van der Waals surface area contributed by atoms with Gasteiger partial charge in [-0.25, -0.2) is 4.72 Å². The van der Waals surface area contributed by atoms with E-state index >= 15 is 0 Å². The van der Waals surface area contributed by atoms with Gasteiger partial charge in [0.2, 0.25) is 0 Å². The summed E-state index contributed by atoms with van der Waals surface area (Å²) in [7, 11) is -0.332. The number of hydrogen-bond donors (Lipinski definition) is 1. The van der Waals surface area contributed by atoms with Gasteiger partial charge in [0, 0.05) is 33.2 Å². The molecule has 0 radical (unpaired) electrons. The highest BCUT2D eigenvalue weighted by molar-refractivity contribution is 7.87. The van der Waals surface area contributed by atoms with Crippen molar-refractivity contribution in [3.05, 3.63) is 35.4 Å². The smallest absolute Gasteiger partial charge is 0.278 e. The van der Waals surface area contributed by atoms with Crippen molar-refractivity contribution in [2.45, 2.75) is 25.9 Å². The van der Waals surface area contributed by atoms with E-state index in [9.17, 15) is 8.42 Å². The van der Waals surface area contributed by atoms with E-state index in [1.54, 1.807) is 0 Å². The topological polar surface area (TPSA) is 58.6 Å². The molecule has 1 heterocycles. The van der Waals surface area contributed by atoms with E-state index in [0.29, 0.717) is 6.54 Å². The third-order valence-electron chi connectivity index (χ3n) is 3.86. The van der Waals surface area contributed by atoms with Gasteiger partial charge in [0.1, 0.15) is 0 Å². The maximum absolute atomic E-state index is 11.8. The average molecular weight is 312 g/mol. The predicted molar refractivity (Wildman–Crippen MR) is 83.2 cm³/mol. The van der Waals surface area contributed by atoms with Crippen molar-refractivity contribution in [2.75, 3.05) is 27.2 Å². The van der Waals surface area contributed by atoms with Gasteiger partial charge in [-0.05, 0) is 25.3 Å². The molecule has 1 aliphatic heterocycles. The Labute approximate surface area is 127 Å². The number of benzene rings is 1. The zero-order valence-electron chi connectivity index (χ0n) is 12.9. The van der Waals surface area contributed by atoms with Crippen molar-refractivity contribution in [3.8, 4) is 0 Å². The highest BCUT2D eigenvalue weighted by atomic mass is 32.2. The molecule has 118 valence electrons. The fourth-order valence-electron chi connectivity index (χ4n) is 2.52. The van der Waals surface area contributed by atoms with Gasteiger partial charge in [-0.1, -0.05) is 29.8 Å². The molecule has 0 aliphatic carbocycles. The van der Waals surface area contributed by atoms with Crippen molar-refractivity contribution < 1.29 is 13.2 Å². The highest BCUT2D eigenvalue weighted by Gasteiger charge is 2.28. The molecule has 0 amide bonds. The first-order valence-electron chi connectivity index (χ1n) is 7.25. The molecule has 0 saturated carbocycles. The van der Waals surface area contributed by atoms with Gasteiger partial charge in [-0.15, -0.1) is 0 Å². The number of nitrogens with one attached hydrogen (secondary N) is 1. The summed E-state index contributed by atoms with van der Waals surface area (Å²) in [5.41, 5.74) is 2.33. The van der Waals surface area contributed by atoms with Gasteiger partial charge in [-0.3, -0.25) is 0 Å². The Balaban J connectivity index is 2.07. The lowest BCUT2D eigenvalue weighted by molar-refractivity contribution is -0.0263. The van der Waals surface area contributed by atoms with Crippen LogP contribution in [0.4, 0.5) is 0 Å². The van der Waals surface area contributed by atoms with E-state index in [1.165, 1.54) is 24.0 Å². The third kappa shape index (κ3) is 4.26. The summed E-state index contributed by atoms with van der Waals surface area (Å²) < 4.78 is 33.4. The number of hydrogen-bond acceptors (Lipinski definition) is 3. The van der Waals surface area contributed by atoms with Gasteiger partial charge in [0.15, 0.2) is 0 Å². The molecule has 1 saturated heterocycles. The van der Waals surface area contributed by atoms with Crippen LogP contribution < -0.4 is 4.72 Å². The lowest BCUT2D eigenvalue weighted by atomic mass is 9.89. The van der Waals surface area contributed by atoms with E-state index in [0.717, 1.165) is 25.0 Å². The van der Waals surface area contributed by atoms with Crippen LogP contribution in [0.3, 0.4) is 0 Å². The van der Waals surface area contributed by atoms with Crippen molar-refractivity contribution in [2.24, 2.45) is 5.92 Å². The van der Waals surface area contributed by atoms with Crippen LogP contribution in [0.25, 0.3) is 0 Å². The quantitative estimate of drug-likeness (QED) is 0.903. The minimum atomic E-state index is -3.38. The summed E-state index contributed by atoms with van der Waals surface area (Å²) >= 11 is 0. The number of nitrogens with zero attached hydrogens (tertiary/aromatic N) is 1. The first-order valence-corrected chi connectivity index (χ1v) is 8.69. The molecular formula is C15H24N2O3S. The molecule has 1 fully saturated rings. The second kappa shape index (κ2) is 6.87. The zero-order valence-corrected chi connectivity index (χ0v) is 13.7. The van der Waals surface area contributed by atoms with Crippen LogP contribution in [0.15, 0.2) is 24.3 Å². The van der Waals surface area contributed by atoms with Gasteiger partial charge >= 0.3 is 0 Å². The normalized spacial score (nSPS) is 23.4. The van der Waals surface area contributed by atoms with E-state index in [1.807, 2.05) is 6.92 Å². The molecule has 0 bridgehead atoms. The molecule has 1 aliphatic rings. The van der Waals surface area contributed by atoms with Gasteiger partial charge in [0.25, 0.3) is 10.2 Å². The lowest BCUT2D eigenvalue weighted by Crippen LogP contribution is -2.40. The zero-order chi connectivity index (χ0) is 15.5. The number of ether oxygens (including phenoxy) is 1. The second-order valence-electron chi connectivity index (χ2n) is 5.74. The fourth-order valence-corrected chi connectivity index (χ4v) is 3.20. The van der Waals surface area contributed by atoms with Crippen LogP contribution in [0, 0.1) is 12.8 Å². The molecule has 6 heteroatoms. The Morgan fingerprint density at radius 3 is 2.57 bits per heavy atom. The summed E-state index contributed by atoms with van der Waals surface area (Å²) in [6.07, 6.45) is 1.90. The van der Waals surface area contributed by atoms with Gasteiger partial charge in [0.05, 0.1) is 6.10 Å². The van der Waals surface area contributed by atoms with Gasteiger partial charge < -0.3 is 4.74 Å². The summed E-state index contributed by atoms with van der Waals surface area (Å²) in [6.45, 7) is 3.18. The summed E-state index contributed by atoms with van der Waals surface area (Å²) in [6, 6.07) is 8.26. The van der Waals surface area contributed by atoms with Gasteiger partial charge in [-0.2, -0.15) is 12.7 Å². The minimum absolute atomic E-state index is 0.0378. The predicted octanol–water partition coefficient (Wildman–Crippen LogP) is 1.86. The lowest BCUT2D eigenvalue weighted by Gasteiger charge is -2.32. The molecule has 1 N–H and O–H groups in total. The first kappa shape index (κ1) is 16.4. The molecule has 0 unspecified atom stereocenters. The Morgan fingerprint density at radius 2 is 1.95 bits per heavy atom. The SMILES string of the molecule is Cc1ccc([C@H]2OCCC[C@H]2CNS(=O)(=O)N(C)C)cc1. The molecule has 2 rings (SSSR count). The van der Waals surface area contributed by atoms with Crippen molar-refractivity contribution in [3.63, 3.8) is 0 Å². The molecule has 2 atom stereocenters. The second-order valence-corrected chi connectivity index (χ2v) is 7.71. The van der Waals surface area contributed by atoms with Crippen molar-refractivity contribution in [1.29, 1.82) is 0 Å². The average Bonchev–Trinajstić information content (AvgIpc) is 2.46.